The molecule has 9 heteroatoms. The minimum atomic E-state index is -4.43. The highest BCUT2D eigenvalue weighted by molar-refractivity contribution is 7.91. The van der Waals surface area contributed by atoms with Gasteiger partial charge in [0, 0.05) is 24.9 Å². The van der Waals surface area contributed by atoms with Gasteiger partial charge in [-0.1, -0.05) is 0 Å². The van der Waals surface area contributed by atoms with Crippen molar-refractivity contribution in [2.45, 2.75) is 23.6 Å². The molecule has 1 N–H and O–H groups in total. The third-order valence-corrected chi connectivity index (χ3v) is 6.24. The first-order valence-corrected chi connectivity index (χ1v) is 10.1. The molecule has 1 aliphatic rings. The van der Waals surface area contributed by atoms with Gasteiger partial charge >= 0.3 is 6.18 Å². The number of sulfone groups is 1. The Balaban J connectivity index is 1.80. The molecule has 2 atom stereocenters. The van der Waals surface area contributed by atoms with E-state index in [2.05, 4.69) is 10.3 Å². The van der Waals surface area contributed by atoms with E-state index in [1.165, 1.54) is 36.7 Å². The Bertz CT molecular complexity index is 850. The monoisotopic (exact) mass is 400 g/mol. The second kappa shape index (κ2) is 7.85. The number of rotatable bonds is 6. The van der Waals surface area contributed by atoms with Gasteiger partial charge in [-0.25, -0.2) is 8.42 Å². The van der Waals surface area contributed by atoms with E-state index < -0.39 is 27.7 Å². The van der Waals surface area contributed by atoms with Crippen LogP contribution in [0.1, 0.15) is 12.0 Å². The number of alkyl halides is 3. The third kappa shape index (κ3) is 4.98. The topological polar surface area (TPSA) is 68.3 Å². The molecule has 0 spiro atoms. The molecule has 0 amide bonds. The number of ether oxygens (including phenoxy) is 1. The Morgan fingerprint density at radius 2 is 1.81 bits per heavy atom. The third-order valence-electron chi connectivity index (χ3n) is 4.49. The van der Waals surface area contributed by atoms with Crippen LogP contribution >= 0.6 is 0 Å². The fraction of sp³-hybridized carbons (Fsp3) is 0.389. The van der Waals surface area contributed by atoms with Gasteiger partial charge in [-0.05, 0) is 49.4 Å². The highest BCUT2D eigenvalue weighted by atomic mass is 32.2. The van der Waals surface area contributed by atoms with Gasteiger partial charge in [-0.3, -0.25) is 4.98 Å². The molecule has 1 aromatic heterocycles. The quantitative estimate of drug-likeness (QED) is 0.808. The summed E-state index contributed by atoms with van der Waals surface area (Å²) in [4.78, 5) is 3.96. The summed E-state index contributed by atoms with van der Waals surface area (Å²) in [5, 5.41) is 3.16. The molecule has 1 aromatic carbocycles. The molecular formula is C18H19F3N2O3S. The molecule has 0 bridgehead atoms. The lowest BCUT2D eigenvalue weighted by Gasteiger charge is -2.24. The van der Waals surface area contributed by atoms with Gasteiger partial charge in [0.1, 0.15) is 11.9 Å². The van der Waals surface area contributed by atoms with E-state index in [1.54, 1.807) is 0 Å². The van der Waals surface area contributed by atoms with Crippen LogP contribution in [0.5, 0.6) is 5.75 Å². The van der Waals surface area contributed by atoms with E-state index >= 15 is 0 Å². The summed E-state index contributed by atoms with van der Waals surface area (Å²) >= 11 is 0. The maximum atomic E-state index is 12.7. The van der Waals surface area contributed by atoms with Crippen LogP contribution in [0.25, 0.3) is 0 Å². The molecule has 27 heavy (non-hydrogen) atoms. The number of nitrogens with zero attached hydrogens (tertiary/aromatic N) is 1. The van der Waals surface area contributed by atoms with E-state index in [0.717, 1.165) is 25.1 Å². The van der Waals surface area contributed by atoms with Crippen molar-refractivity contribution in [3.05, 3.63) is 54.4 Å². The Morgan fingerprint density at radius 1 is 1.15 bits per heavy atom. The van der Waals surface area contributed by atoms with E-state index in [9.17, 15) is 21.6 Å². The van der Waals surface area contributed by atoms with Crippen LogP contribution < -0.4 is 10.1 Å². The summed E-state index contributed by atoms with van der Waals surface area (Å²) < 4.78 is 69.3. The van der Waals surface area contributed by atoms with E-state index in [4.69, 9.17) is 4.74 Å². The lowest BCUT2D eigenvalue weighted by Crippen LogP contribution is -2.35. The van der Waals surface area contributed by atoms with Crippen molar-refractivity contribution in [2.75, 3.05) is 18.8 Å². The summed E-state index contributed by atoms with van der Waals surface area (Å²) in [6.07, 6.45) is -1.57. The average Bonchev–Trinajstić information content (AvgIpc) is 3.16. The van der Waals surface area contributed by atoms with Crippen LogP contribution in [0.15, 0.2) is 53.7 Å². The first-order valence-electron chi connectivity index (χ1n) is 8.43. The van der Waals surface area contributed by atoms with E-state index in [-0.39, 0.29) is 22.3 Å². The number of hydrogen-bond acceptors (Lipinski definition) is 5. The van der Waals surface area contributed by atoms with Crippen LogP contribution in [-0.2, 0) is 16.0 Å². The zero-order valence-electron chi connectivity index (χ0n) is 14.3. The highest BCUT2D eigenvalue weighted by Crippen LogP contribution is 2.31. The standard InChI is InChI=1S/C18H19F3N2O3S/c19-18(20,21)14-1-3-15(4-2-14)26-17(13-5-8-23-11-13)12-27(24,25)16-6-9-22-10-7-16/h1-4,6-7,9-10,13,17,23H,5,8,11-12H2/t13?,17-/m1/s1. The van der Waals surface area contributed by atoms with Crippen molar-refractivity contribution in [2.24, 2.45) is 5.92 Å². The molecule has 1 saturated heterocycles. The van der Waals surface area contributed by atoms with Crippen molar-refractivity contribution >= 4 is 9.84 Å². The normalized spacial score (nSPS) is 19.0. The summed E-state index contributed by atoms with van der Waals surface area (Å²) in [6.45, 7) is 1.34. The lowest BCUT2D eigenvalue weighted by molar-refractivity contribution is -0.137. The van der Waals surface area contributed by atoms with Gasteiger partial charge < -0.3 is 10.1 Å². The molecule has 2 aromatic rings. The summed E-state index contributed by atoms with van der Waals surface area (Å²) in [6, 6.07) is 7.12. The average molecular weight is 400 g/mol. The fourth-order valence-electron chi connectivity index (χ4n) is 3.02. The molecule has 5 nitrogen and oxygen atoms in total. The minimum Gasteiger partial charge on any atom is -0.489 e. The van der Waals surface area contributed by atoms with Gasteiger partial charge in [-0.15, -0.1) is 0 Å². The molecule has 1 fully saturated rings. The maximum absolute atomic E-state index is 12.7. The molecule has 146 valence electrons. The van der Waals surface area contributed by atoms with Gasteiger partial charge in [-0.2, -0.15) is 13.2 Å². The van der Waals surface area contributed by atoms with Crippen LogP contribution in [0.3, 0.4) is 0 Å². The predicted octanol–water partition coefficient (Wildman–Crippen LogP) is 2.93. The van der Waals surface area contributed by atoms with Gasteiger partial charge in [0.05, 0.1) is 16.2 Å². The Hall–Kier alpha value is -2.13. The van der Waals surface area contributed by atoms with Crippen LogP contribution in [0.2, 0.25) is 0 Å². The van der Waals surface area contributed by atoms with Gasteiger partial charge in [0.2, 0.25) is 0 Å². The second-order valence-corrected chi connectivity index (χ2v) is 8.43. The molecule has 3 rings (SSSR count). The van der Waals surface area contributed by atoms with Crippen molar-refractivity contribution < 1.29 is 26.3 Å². The Kier molecular flexibility index (Phi) is 5.71. The zero-order chi connectivity index (χ0) is 19.5. The zero-order valence-corrected chi connectivity index (χ0v) is 15.1. The van der Waals surface area contributed by atoms with Crippen LogP contribution in [0, 0.1) is 5.92 Å². The van der Waals surface area contributed by atoms with Gasteiger partial charge in [0.25, 0.3) is 0 Å². The second-order valence-electron chi connectivity index (χ2n) is 6.40. The SMILES string of the molecule is O=S(=O)(C[C@@H](Oc1ccc(C(F)(F)F)cc1)C1CCNC1)c1ccncc1. The molecule has 2 heterocycles. The maximum Gasteiger partial charge on any atom is 0.416 e. The summed E-state index contributed by atoms with van der Waals surface area (Å²) in [7, 11) is -3.62. The number of hydrogen-bond donors (Lipinski definition) is 1. The van der Waals surface area contributed by atoms with Crippen molar-refractivity contribution in [1.29, 1.82) is 0 Å². The fourth-order valence-corrected chi connectivity index (χ4v) is 4.52. The first-order chi connectivity index (χ1) is 12.8. The van der Waals surface area contributed by atoms with Crippen LogP contribution in [0.4, 0.5) is 13.2 Å². The largest absolute Gasteiger partial charge is 0.489 e. The number of aromatic nitrogens is 1. The predicted molar refractivity (Wildman–Crippen MR) is 93.1 cm³/mol. The molecular weight excluding hydrogens is 381 g/mol. The number of benzene rings is 1. The molecule has 1 unspecified atom stereocenters. The molecule has 0 aliphatic carbocycles. The lowest BCUT2D eigenvalue weighted by atomic mass is 10.0. The van der Waals surface area contributed by atoms with Crippen molar-refractivity contribution in [3.8, 4) is 5.75 Å². The Labute approximate surface area is 155 Å². The van der Waals surface area contributed by atoms with E-state index in [0.29, 0.717) is 6.54 Å². The Morgan fingerprint density at radius 3 is 2.37 bits per heavy atom. The smallest absolute Gasteiger partial charge is 0.416 e. The number of halogens is 3. The van der Waals surface area contributed by atoms with Crippen molar-refractivity contribution in [3.63, 3.8) is 0 Å². The summed E-state index contributed by atoms with van der Waals surface area (Å²) in [5.74, 6) is -0.0987. The summed E-state index contributed by atoms with van der Waals surface area (Å²) in [5.41, 5.74) is -0.779. The number of pyridine rings is 1. The van der Waals surface area contributed by atoms with Crippen LogP contribution in [-0.4, -0.2) is 38.3 Å². The van der Waals surface area contributed by atoms with Gasteiger partial charge in [0.15, 0.2) is 9.84 Å². The molecule has 1 aliphatic heterocycles. The van der Waals surface area contributed by atoms with E-state index in [1.807, 2.05) is 0 Å². The highest BCUT2D eigenvalue weighted by Gasteiger charge is 2.33. The van der Waals surface area contributed by atoms with Crippen molar-refractivity contribution in [1.82, 2.24) is 10.3 Å². The molecule has 0 saturated carbocycles. The minimum absolute atomic E-state index is 0.0519. The first kappa shape index (κ1) is 19.6. The molecule has 0 radical (unpaired) electrons. The number of nitrogens with one attached hydrogen (secondary N) is 1.